The molecule has 0 aliphatic carbocycles. The highest BCUT2D eigenvalue weighted by molar-refractivity contribution is 6.19. The summed E-state index contributed by atoms with van der Waals surface area (Å²) in [6.45, 7) is 0. The molecular formula is C52H32N4. The quantitative estimate of drug-likeness (QED) is 0.182. The highest BCUT2D eigenvalue weighted by Gasteiger charge is 2.28. The van der Waals surface area contributed by atoms with E-state index in [0.717, 1.165) is 50.1 Å². The summed E-state index contributed by atoms with van der Waals surface area (Å²) in [5.41, 5.74) is 16.8. The predicted molar refractivity (Wildman–Crippen MR) is 231 cm³/mol. The second-order valence-corrected chi connectivity index (χ2v) is 14.6. The standard InChI is InChI=1S/C52H32N4/c1-4-15-33(16-5-1)49-48-42-25-14-24-41-38-21-10-11-22-39(38)43-31-35(28-30-47(43)56(50(41)42)52(48)54-51(53-49)34-17-6-2-7-18-34)36-27-29-46-44(32-36)40-23-12-13-26-45(40)55(46)37-19-8-3-9-20-37/h1-32H. The summed E-state index contributed by atoms with van der Waals surface area (Å²) in [5, 5.41) is 4.68. The molecule has 0 saturated heterocycles. The Hall–Kier alpha value is -7.56. The first-order valence-corrected chi connectivity index (χ1v) is 19.1. The third-order valence-electron chi connectivity index (χ3n) is 11.5. The van der Waals surface area contributed by atoms with Gasteiger partial charge >= 0.3 is 0 Å². The van der Waals surface area contributed by atoms with Crippen molar-refractivity contribution in [3.63, 3.8) is 0 Å². The molecule has 11 aromatic rings. The fourth-order valence-electron chi connectivity index (χ4n) is 9.01. The van der Waals surface area contributed by atoms with E-state index < -0.39 is 0 Å². The van der Waals surface area contributed by atoms with Crippen molar-refractivity contribution in [3.8, 4) is 67.4 Å². The molecular weight excluding hydrogens is 681 g/mol. The van der Waals surface area contributed by atoms with Crippen LogP contribution in [0.5, 0.6) is 0 Å². The van der Waals surface area contributed by atoms with Crippen molar-refractivity contribution in [2.75, 3.05) is 0 Å². The van der Waals surface area contributed by atoms with Crippen molar-refractivity contribution < 1.29 is 0 Å². The zero-order valence-corrected chi connectivity index (χ0v) is 30.3. The molecule has 0 bridgehead atoms. The van der Waals surface area contributed by atoms with Crippen LogP contribution in [0, 0.1) is 0 Å². The van der Waals surface area contributed by atoms with Gasteiger partial charge < -0.3 is 4.57 Å². The van der Waals surface area contributed by atoms with E-state index >= 15 is 0 Å². The summed E-state index contributed by atoms with van der Waals surface area (Å²) in [7, 11) is 0. The van der Waals surface area contributed by atoms with Crippen molar-refractivity contribution in [3.05, 3.63) is 194 Å². The zero-order chi connectivity index (χ0) is 36.7. The Bertz CT molecular complexity index is 3340. The fraction of sp³-hybridized carbons (Fsp3) is 0. The molecule has 4 nitrogen and oxygen atoms in total. The van der Waals surface area contributed by atoms with Gasteiger partial charge in [0.15, 0.2) is 5.82 Å². The first-order chi connectivity index (χ1) is 27.8. The van der Waals surface area contributed by atoms with E-state index in [1.165, 1.54) is 55.2 Å². The lowest BCUT2D eigenvalue weighted by atomic mass is 9.91. The van der Waals surface area contributed by atoms with Crippen molar-refractivity contribution >= 4 is 43.7 Å². The third kappa shape index (κ3) is 4.47. The van der Waals surface area contributed by atoms with Gasteiger partial charge in [0, 0.05) is 44.1 Å². The summed E-state index contributed by atoms with van der Waals surface area (Å²) < 4.78 is 4.77. The lowest BCUT2D eigenvalue weighted by Gasteiger charge is -2.15. The second kappa shape index (κ2) is 12.0. The van der Waals surface area contributed by atoms with E-state index in [2.05, 4.69) is 197 Å². The van der Waals surface area contributed by atoms with Crippen molar-refractivity contribution in [1.29, 1.82) is 0 Å². The number of aromatic nitrogens is 4. The Kier molecular flexibility index (Phi) is 6.60. The van der Waals surface area contributed by atoms with Gasteiger partial charge in [-0.15, -0.1) is 0 Å². The van der Waals surface area contributed by atoms with Crippen LogP contribution in [0.3, 0.4) is 0 Å². The van der Waals surface area contributed by atoms with Gasteiger partial charge in [-0.25, -0.2) is 9.97 Å². The number of hydrogen-bond acceptors (Lipinski definition) is 2. The molecule has 1 aliphatic rings. The van der Waals surface area contributed by atoms with E-state index in [1.54, 1.807) is 0 Å². The van der Waals surface area contributed by atoms with Gasteiger partial charge in [0.05, 0.1) is 33.3 Å². The van der Waals surface area contributed by atoms with Crippen LogP contribution in [0.1, 0.15) is 0 Å². The number of nitrogens with zero attached hydrogens (tertiary/aromatic N) is 4. The average Bonchev–Trinajstić information content (AvgIpc) is 3.75. The van der Waals surface area contributed by atoms with Crippen LogP contribution in [0.2, 0.25) is 0 Å². The summed E-state index contributed by atoms with van der Waals surface area (Å²) in [4.78, 5) is 10.7. The zero-order valence-electron chi connectivity index (χ0n) is 30.3. The van der Waals surface area contributed by atoms with Gasteiger partial charge in [0.25, 0.3) is 0 Å². The lowest BCUT2D eigenvalue weighted by Crippen LogP contribution is -2.01. The number of fused-ring (bicyclic) bond motifs is 11. The number of hydrogen-bond donors (Lipinski definition) is 0. The van der Waals surface area contributed by atoms with E-state index in [9.17, 15) is 0 Å². The molecule has 0 fully saturated rings. The minimum atomic E-state index is 0.709. The summed E-state index contributed by atoms with van der Waals surface area (Å²) in [5.74, 6) is 0.709. The molecule has 4 heteroatoms. The van der Waals surface area contributed by atoms with Crippen LogP contribution in [0.4, 0.5) is 0 Å². The Morgan fingerprint density at radius 2 is 0.964 bits per heavy atom. The summed E-state index contributed by atoms with van der Waals surface area (Å²) >= 11 is 0. The maximum absolute atomic E-state index is 5.44. The van der Waals surface area contributed by atoms with Crippen molar-refractivity contribution in [2.24, 2.45) is 0 Å². The number of rotatable bonds is 4. The molecule has 56 heavy (non-hydrogen) atoms. The molecule has 3 aromatic heterocycles. The minimum Gasteiger partial charge on any atom is -0.309 e. The summed E-state index contributed by atoms with van der Waals surface area (Å²) in [6.07, 6.45) is 0. The highest BCUT2D eigenvalue weighted by atomic mass is 15.1. The van der Waals surface area contributed by atoms with E-state index in [4.69, 9.17) is 9.97 Å². The molecule has 0 spiro atoms. The normalized spacial score (nSPS) is 11.9. The van der Waals surface area contributed by atoms with Gasteiger partial charge in [-0.05, 0) is 64.7 Å². The first kappa shape index (κ1) is 30.9. The first-order valence-electron chi connectivity index (χ1n) is 19.1. The smallest absolute Gasteiger partial charge is 0.162 e. The van der Waals surface area contributed by atoms with Gasteiger partial charge in [0.1, 0.15) is 5.65 Å². The molecule has 12 rings (SSSR count). The molecule has 0 saturated carbocycles. The van der Waals surface area contributed by atoms with Gasteiger partial charge in [-0.1, -0.05) is 152 Å². The van der Waals surface area contributed by atoms with Crippen molar-refractivity contribution in [2.45, 2.75) is 0 Å². The van der Waals surface area contributed by atoms with Crippen molar-refractivity contribution in [1.82, 2.24) is 19.1 Å². The van der Waals surface area contributed by atoms with Crippen LogP contribution in [0.15, 0.2) is 194 Å². The van der Waals surface area contributed by atoms with Gasteiger partial charge in [0.2, 0.25) is 0 Å². The topological polar surface area (TPSA) is 35.6 Å². The third-order valence-corrected chi connectivity index (χ3v) is 11.5. The molecule has 0 amide bonds. The maximum atomic E-state index is 5.44. The fourth-order valence-corrected chi connectivity index (χ4v) is 9.01. The molecule has 0 N–H and O–H groups in total. The minimum absolute atomic E-state index is 0.709. The Morgan fingerprint density at radius 1 is 0.357 bits per heavy atom. The Morgan fingerprint density at radius 3 is 1.77 bits per heavy atom. The molecule has 0 unspecified atom stereocenters. The lowest BCUT2D eigenvalue weighted by molar-refractivity contribution is 1.12. The second-order valence-electron chi connectivity index (χ2n) is 14.6. The molecule has 0 radical (unpaired) electrons. The average molecular weight is 713 g/mol. The predicted octanol–water partition coefficient (Wildman–Crippen LogP) is 13.3. The van der Waals surface area contributed by atoms with Crippen LogP contribution >= 0.6 is 0 Å². The van der Waals surface area contributed by atoms with Crippen LogP contribution in [0.25, 0.3) is 111 Å². The Balaban J connectivity index is 1.14. The molecule has 1 aliphatic heterocycles. The van der Waals surface area contributed by atoms with E-state index in [0.29, 0.717) is 5.82 Å². The molecule has 4 heterocycles. The highest BCUT2D eigenvalue weighted by Crippen LogP contribution is 2.49. The maximum Gasteiger partial charge on any atom is 0.162 e. The number of para-hydroxylation sites is 3. The monoisotopic (exact) mass is 712 g/mol. The van der Waals surface area contributed by atoms with Gasteiger partial charge in [-0.2, -0.15) is 0 Å². The van der Waals surface area contributed by atoms with E-state index in [-0.39, 0.29) is 0 Å². The van der Waals surface area contributed by atoms with Crippen LogP contribution in [-0.4, -0.2) is 19.1 Å². The van der Waals surface area contributed by atoms with E-state index in [1.807, 2.05) is 6.07 Å². The number of benzene rings is 8. The summed E-state index contributed by atoms with van der Waals surface area (Å²) in [6, 6.07) is 69.6. The van der Waals surface area contributed by atoms with Gasteiger partial charge in [-0.3, -0.25) is 4.57 Å². The Labute approximate surface area is 323 Å². The SMILES string of the molecule is c1ccc(-c2nc(-c3ccccc3)c3c4cccc5c4n(c3n2)-c2ccc(-c3ccc4c(c3)c3ccccc3n4-c3ccccc3)cc2-c2ccccc2-5)cc1. The largest absolute Gasteiger partial charge is 0.309 e. The van der Waals surface area contributed by atoms with Crippen LogP contribution in [-0.2, 0) is 0 Å². The molecule has 8 aromatic carbocycles. The van der Waals surface area contributed by atoms with Crippen LogP contribution < -0.4 is 0 Å². The molecule has 0 atom stereocenters. The molecule has 260 valence electrons.